The summed E-state index contributed by atoms with van der Waals surface area (Å²) in [4.78, 5) is 0. The molecule has 0 aliphatic heterocycles. The van der Waals surface area contributed by atoms with Gasteiger partial charge in [-0.1, -0.05) is 44.7 Å². The lowest BCUT2D eigenvalue weighted by Crippen LogP contribution is -2.34. The summed E-state index contributed by atoms with van der Waals surface area (Å²) in [6.45, 7) is 2.25. The maximum absolute atomic E-state index is 5.63. The Morgan fingerprint density at radius 3 is 2.24 bits per heavy atom. The van der Waals surface area contributed by atoms with E-state index in [9.17, 15) is 0 Å². The molecular weight excluding hydrogens is 348 g/mol. The SMILES string of the molecule is COCCOCCC(CBr)(CBr)C1CCCC1. The topological polar surface area (TPSA) is 18.5 Å². The zero-order valence-electron chi connectivity index (χ0n) is 10.7. The minimum Gasteiger partial charge on any atom is -0.382 e. The first-order chi connectivity index (χ1) is 8.29. The van der Waals surface area contributed by atoms with E-state index in [1.807, 2.05) is 0 Å². The smallest absolute Gasteiger partial charge is 0.0700 e. The van der Waals surface area contributed by atoms with Gasteiger partial charge in [-0.2, -0.15) is 0 Å². The van der Waals surface area contributed by atoms with Gasteiger partial charge in [-0.25, -0.2) is 0 Å². The number of hydrogen-bond donors (Lipinski definition) is 0. The zero-order valence-corrected chi connectivity index (χ0v) is 13.9. The summed E-state index contributed by atoms with van der Waals surface area (Å²) in [5.41, 5.74) is 0.379. The molecule has 1 aliphatic rings. The normalized spacial score (nSPS) is 17.8. The van der Waals surface area contributed by atoms with E-state index in [4.69, 9.17) is 9.47 Å². The number of methoxy groups -OCH3 is 1. The Balaban J connectivity index is 2.35. The molecule has 0 aromatic carbocycles. The molecule has 0 aromatic rings. The van der Waals surface area contributed by atoms with Gasteiger partial charge in [-0.15, -0.1) is 0 Å². The Kier molecular flexibility index (Phi) is 8.34. The molecule has 0 unspecified atom stereocenters. The number of hydrogen-bond acceptors (Lipinski definition) is 2. The first-order valence-corrected chi connectivity index (χ1v) is 8.72. The van der Waals surface area contributed by atoms with Gasteiger partial charge in [0.25, 0.3) is 0 Å². The molecule has 1 saturated carbocycles. The molecule has 1 rings (SSSR count). The zero-order chi connectivity index (χ0) is 12.6. The largest absolute Gasteiger partial charge is 0.382 e. The van der Waals surface area contributed by atoms with Crippen LogP contribution < -0.4 is 0 Å². The van der Waals surface area contributed by atoms with E-state index in [-0.39, 0.29) is 0 Å². The summed E-state index contributed by atoms with van der Waals surface area (Å²) < 4.78 is 10.6. The summed E-state index contributed by atoms with van der Waals surface area (Å²) in [5.74, 6) is 0.854. The summed E-state index contributed by atoms with van der Waals surface area (Å²) in [6.07, 6.45) is 6.70. The second-order valence-corrected chi connectivity index (χ2v) is 6.09. The van der Waals surface area contributed by atoms with Crippen LogP contribution in [0.15, 0.2) is 0 Å². The lowest BCUT2D eigenvalue weighted by atomic mass is 9.75. The van der Waals surface area contributed by atoms with Crippen molar-refractivity contribution in [1.82, 2.24) is 0 Å². The third-order valence-corrected chi connectivity index (χ3v) is 6.16. The molecule has 0 spiro atoms. The van der Waals surface area contributed by atoms with Crippen LogP contribution in [0.3, 0.4) is 0 Å². The van der Waals surface area contributed by atoms with E-state index in [1.54, 1.807) is 7.11 Å². The highest BCUT2D eigenvalue weighted by Gasteiger charge is 2.38. The Morgan fingerprint density at radius 2 is 1.71 bits per heavy atom. The monoisotopic (exact) mass is 370 g/mol. The number of halogens is 2. The van der Waals surface area contributed by atoms with Crippen LogP contribution in [-0.2, 0) is 9.47 Å². The molecule has 0 saturated heterocycles. The molecule has 4 heteroatoms. The summed E-state index contributed by atoms with van der Waals surface area (Å²) in [7, 11) is 1.71. The van der Waals surface area contributed by atoms with Crippen LogP contribution in [0.2, 0.25) is 0 Å². The third-order valence-electron chi connectivity index (χ3n) is 3.93. The Hall–Kier alpha value is 0.880. The molecule has 2 nitrogen and oxygen atoms in total. The average Bonchev–Trinajstić information content (AvgIpc) is 2.89. The van der Waals surface area contributed by atoms with Crippen LogP contribution in [0.25, 0.3) is 0 Å². The van der Waals surface area contributed by atoms with Gasteiger partial charge in [0.2, 0.25) is 0 Å². The van der Waals surface area contributed by atoms with Crippen molar-refractivity contribution in [3.8, 4) is 0 Å². The first-order valence-electron chi connectivity index (χ1n) is 6.47. The lowest BCUT2D eigenvalue weighted by molar-refractivity contribution is 0.0484. The van der Waals surface area contributed by atoms with E-state index in [1.165, 1.54) is 25.7 Å². The van der Waals surface area contributed by atoms with Gasteiger partial charge in [0.1, 0.15) is 0 Å². The van der Waals surface area contributed by atoms with E-state index in [0.717, 1.165) is 29.6 Å². The Morgan fingerprint density at radius 1 is 1.06 bits per heavy atom. The second-order valence-electron chi connectivity index (χ2n) is 4.97. The van der Waals surface area contributed by atoms with Crippen molar-refractivity contribution in [2.45, 2.75) is 32.1 Å². The van der Waals surface area contributed by atoms with Crippen LogP contribution in [-0.4, -0.2) is 37.6 Å². The quantitative estimate of drug-likeness (QED) is 0.450. The molecule has 0 N–H and O–H groups in total. The fourth-order valence-corrected chi connectivity index (χ4v) is 5.05. The highest BCUT2D eigenvalue weighted by Crippen LogP contribution is 2.44. The van der Waals surface area contributed by atoms with Crippen LogP contribution in [0.5, 0.6) is 0 Å². The predicted molar refractivity (Wildman–Crippen MR) is 79.3 cm³/mol. The fraction of sp³-hybridized carbons (Fsp3) is 1.00. The van der Waals surface area contributed by atoms with Gasteiger partial charge < -0.3 is 9.47 Å². The molecule has 0 heterocycles. The average molecular weight is 372 g/mol. The molecule has 1 aliphatic carbocycles. The van der Waals surface area contributed by atoms with E-state index in [0.29, 0.717) is 18.6 Å². The first kappa shape index (κ1) is 15.9. The minimum absolute atomic E-state index is 0.379. The highest BCUT2D eigenvalue weighted by atomic mass is 79.9. The Labute approximate surface area is 122 Å². The summed E-state index contributed by atoms with van der Waals surface area (Å²) in [6, 6.07) is 0. The van der Waals surface area contributed by atoms with Crippen LogP contribution in [0, 0.1) is 11.3 Å². The van der Waals surface area contributed by atoms with E-state index >= 15 is 0 Å². The number of rotatable bonds is 9. The number of ether oxygens (including phenoxy) is 2. The maximum atomic E-state index is 5.63. The van der Waals surface area contributed by atoms with Crippen molar-refractivity contribution in [1.29, 1.82) is 0 Å². The molecular formula is C13H24Br2O2. The molecule has 0 aromatic heterocycles. The van der Waals surface area contributed by atoms with Gasteiger partial charge in [-0.05, 0) is 30.6 Å². The van der Waals surface area contributed by atoms with Gasteiger partial charge in [-0.3, -0.25) is 0 Å². The molecule has 0 atom stereocenters. The second kappa shape index (κ2) is 8.89. The van der Waals surface area contributed by atoms with Gasteiger partial charge in [0.05, 0.1) is 13.2 Å². The fourth-order valence-electron chi connectivity index (χ4n) is 2.65. The maximum Gasteiger partial charge on any atom is 0.0700 e. The van der Waals surface area contributed by atoms with Crippen molar-refractivity contribution < 1.29 is 9.47 Å². The third kappa shape index (κ3) is 4.81. The van der Waals surface area contributed by atoms with Gasteiger partial charge in [0, 0.05) is 24.4 Å². The van der Waals surface area contributed by atoms with Crippen molar-refractivity contribution in [2.24, 2.45) is 11.3 Å². The van der Waals surface area contributed by atoms with Crippen LogP contribution in [0.1, 0.15) is 32.1 Å². The van der Waals surface area contributed by atoms with Crippen molar-refractivity contribution in [3.63, 3.8) is 0 Å². The molecule has 0 amide bonds. The molecule has 0 radical (unpaired) electrons. The Bertz CT molecular complexity index is 190. The molecule has 1 fully saturated rings. The van der Waals surface area contributed by atoms with Crippen LogP contribution >= 0.6 is 31.9 Å². The summed E-state index contributed by atoms with van der Waals surface area (Å²) in [5, 5.41) is 2.15. The van der Waals surface area contributed by atoms with Crippen molar-refractivity contribution in [3.05, 3.63) is 0 Å². The molecule has 102 valence electrons. The van der Waals surface area contributed by atoms with E-state index < -0.39 is 0 Å². The minimum atomic E-state index is 0.379. The van der Waals surface area contributed by atoms with Gasteiger partial charge in [0.15, 0.2) is 0 Å². The summed E-state index contributed by atoms with van der Waals surface area (Å²) >= 11 is 7.43. The van der Waals surface area contributed by atoms with Crippen molar-refractivity contribution >= 4 is 31.9 Å². The predicted octanol–water partition coefficient (Wildman–Crippen LogP) is 4.01. The molecule has 17 heavy (non-hydrogen) atoms. The van der Waals surface area contributed by atoms with E-state index in [2.05, 4.69) is 31.9 Å². The lowest BCUT2D eigenvalue weighted by Gasteiger charge is -2.36. The highest BCUT2D eigenvalue weighted by molar-refractivity contribution is 9.09. The van der Waals surface area contributed by atoms with Crippen molar-refractivity contribution in [2.75, 3.05) is 37.6 Å². The molecule has 0 bridgehead atoms. The van der Waals surface area contributed by atoms with Gasteiger partial charge >= 0.3 is 0 Å². The number of alkyl halides is 2. The standard InChI is InChI=1S/C13H24Br2O2/c1-16-8-9-17-7-6-13(10-14,11-15)12-4-2-3-5-12/h12H,2-11H2,1H3. The van der Waals surface area contributed by atoms with Crippen LogP contribution in [0.4, 0.5) is 0 Å².